The van der Waals surface area contributed by atoms with Crippen LogP contribution in [0.2, 0.25) is 0 Å². The third kappa shape index (κ3) is 5.32. The van der Waals surface area contributed by atoms with Crippen LogP contribution in [0.15, 0.2) is 71.7 Å². The minimum absolute atomic E-state index is 0.0392. The standard InChI is InChI=1S/C22H21N3O4/c1-15-5-3-6-17(13-15)14-29-25-12-4-7-20(22(25)28)21(27)24-19-10-8-18(9-11-19)23-16(2)26/h3-13H,14H2,1-2H3,(H,23,26)(H,24,27). The number of aryl methyl sites for hydroxylation is 1. The van der Waals surface area contributed by atoms with Crippen molar-refractivity contribution in [3.8, 4) is 0 Å². The van der Waals surface area contributed by atoms with Gasteiger partial charge in [0.05, 0.1) is 0 Å². The van der Waals surface area contributed by atoms with E-state index >= 15 is 0 Å². The number of rotatable bonds is 6. The van der Waals surface area contributed by atoms with Gasteiger partial charge >= 0.3 is 0 Å². The fourth-order valence-corrected chi connectivity index (χ4v) is 2.73. The highest BCUT2D eigenvalue weighted by Gasteiger charge is 2.13. The van der Waals surface area contributed by atoms with E-state index in [0.29, 0.717) is 11.4 Å². The lowest BCUT2D eigenvalue weighted by molar-refractivity contribution is -0.114. The molecule has 148 valence electrons. The minimum Gasteiger partial charge on any atom is -0.406 e. The zero-order chi connectivity index (χ0) is 20.8. The highest BCUT2D eigenvalue weighted by Crippen LogP contribution is 2.14. The lowest BCUT2D eigenvalue weighted by atomic mass is 10.1. The maximum absolute atomic E-state index is 12.6. The predicted octanol–water partition coefficient (Wildman–Crippen LogP) is 3.00. The lowest BCUT2D eigenvalue weighted by Gasteiger charge is -2.11. The first-order valence-corrected chi connectivity index (χ1v) is 9.02. The van der Waals surface area contributed by atoms with Crippen molar-refractivity contribution in [2.75, 3.05) is 10.6 Å². The molecule has 0 radical (unpaired) electrons. The summed E-state index contributed by atoms with van der Waals surface area (Å²) in [6.07, 6.45) is 1.47. The van der Waals surface area contributed by atoms with Crippen LogP contribution >= 0.6 is 0 Å². The van der Waals surface area contributed by atoms with Gasteiger partial charge in [0.2, 0.25) is 5.91 Å². The molecule has 29 heavy (non-hydrogen) atoms. The Morgan fingerprint density at radius 3 is 2.31 bits per heavy atom. The van der Waals surface area contributed by atoms with Gasteiger partial charge in [-0.15, -0.1) is 0 Å². The first-order valence-electron chi connectivity index (χ1n) is 9.02. The molecule has 7 nitrogen and oxygen atoms in total. The van der Waals surface area contributed by atoms with Crippen LogP contribution in [0.25, 0.3) is 0 Å². The van der Waals surface area contributed by atoms with Gasteiger partial charge < -0.3 is 15.5 Å². The molecule has 1 heterocycles. The molecule has 0 bridgehead atoms. The second-order valence-corrected chi connectivity index (χ2v) is 6.53. The number of hydrogen-bond acceptors (Lipinski definition) is 4. The van der Waals surface area contributed by atoms with Crippen LogP contribution in [-0.2, 0) is 11.4 Å². The minimum atomic E-state index is -0.549. The molecule has 3 rings (SSSR count). The second-order valence-electron chi connectivity index (χ2n) is 6.53. The monoisotopic (exact) mass is 391 g/mol. The first kappa shape index (κ1) is 19.9. The third-order valence-corrected chi connectivity index (χ3v) is 4.08. The molecular formula is C22H21N3O4. The van der Waals surface area contributed by atoms with E-state index in [1.807, 2.05) is 31.2 Å². The Bertz CT molecular complexity index is 1090. The Morgan fingerprint density at radius 1 is 0.966 bits per heavy atom. The van der Waals surface area contributed by atoms with E-state index in [1.54, 1.807) is 30.3 Å². The SMILES string of the molecule is CC(=O)Nc1ccc(NC(=O)c2cccn(OCc3cccc(C)c3)c2=O)cc1. The maximum Gasteiger partial charge on any atom is 0.295 e. The Morgan fingerprint density at radius 2 is 1.66 bits per heavy atom. The van der Waals surface area contributed by atoms with Gasteiger partial charge in [0, 0.05) is 24.5 Å². The van der Waals surface area contributed by atoms with Crippen LogP contribution in [0.4, 0.5) is 11.4 Å². The molecule has 7 heteroatoms. The largest absolute Gasteiger partial charge is 0.406 e. The molecule has 0 aliphatic rings. The second kappa shape index (κ2) is 8.88. The number of carbonyl (C=O) groups is 2. The number of pyridine rings is 1. The van der Waals surface area contributed by atoms with Gasteiger partial charge in [0.15, 0.2) is 0 Å². The van der Waals surface area contributed by atoms with Crippen molar-refractivity contribution in [2.24, 2.45) is 0 Å². The molecule has 0 spiro atoms. The van der Waals surface area contributed by atoms with Gasteiger partial charge in [-0.2, -0.15) is 4.73 Å². The van der Waals surface area contributed by atoms with Gasteiger partial charge in [0.25, 0.3) is 11.5 Å². The number of carbonyl (C=O) groups excluding carboxylic acids is 2. The van der Waals surface area contributed by atoms with Crippen LogP contribution < -0.4 is 21.0 Å². The quantitative estimate of drug-likeness (QED) is 0.676. The normalized spacial score (nSPS) is 10.3. The molecule has 1 aromatic heterocycles. The van der Waals surface area contributed by atoms with Gasteiger partial charge in [0.1, 0.15) is 12.2 Å². The van der Waals surface area contributed by atoms with Crippen molar-refractivity contribution in [2.45, 2.75) is 20.5 Å². The van der Waals surface area contributed by atoms with E-state index in [2.05, 4.69) is 10.6 Å². The maximum atomic E-state index is 12.6. The molecule has 3 aromatic rings. The summed E-state index contributed by atoms with van der Waals surface area (Å²) in [6.45, 7) is 3.60. The summed E-state index contributed by atoms with van der Waals surface area (Å²) in [5, 5.41) is 5.31. The van der Waals surface area contributed by atoms with Crippen LogP contribution in [0.1, 0.15) is 28.4 Å². The molecule has 0 unspecified atom stereocenters. The van der Waals surface area contributed by atoms with Crippen molar-refractivity contribution >= 4 is 23.2 Å². The number of nitrogens with zero attached hydrogens (tertiary/aromatic N) is 1. The van der Waals surface area contributed by atoms with E-state index in [9.17, 15) is 14.4 Å². The highest BCUT2D eigenvalue weighted by atomic mass is 16.7. The molecule has 0 aliphatic carbocycles. The average molecular weight is 391 g/mol. The van der Waals surface area contributed by atoms with E-state index in [4.69, 9.17) is 4.84 Å². The van der Waals surface area contributed by atoms with Crippen molar-refractivity contribution in [1.82, 2.24) is 4.73 Å². The number of hydrogen-bond donors (Lipinski definition) is 2. The summed E-state index contributed by atoms with van der Waals surface area (Å²) in [6, 6.07) is 17.4. The summed E-state index contributed by atoms with van der Waals surface area (Å²) in [5.41, 5.74) is 2.54. The number of nitrogens with one attached hydrogen (secondary N) is 2. The Balaban J connectivity index is 1.70. The molecule has 0 saturated carbocycles. The van der Waals surface area contributed by atoms with E-state index in [-0.39, 0.29) is 18.1 Å². The van der Waals surface area contributed by atoms with Gasteiger partial charge in [-0.3, -0.25) is 14.4 Å². The van der Waals surface area contributed by atoms with Crippen molar-refractivity contribution in [3.05, 3.63) is 93.9 Å². The molecule has 0 atom stereocenters. The molecule has 0 fully saturated rings. The number of benzene rings is 2. The number of amides is 2. The molecule has 2 N–H and O–H groups in total. The van der Waals surface area contributed by atoms with Gasteiger partial charge in [-0.05, 0) is 48.9 Å². The molecule has 0 saturated heterocycles. The van der Waals surface area contributed by atoms with E-state index < -0.39 is 11.5 Å². The average Bonchev–Trinajstić information content (AvgIpc) is 2.68. The van der Waals surface area contributed by atoms with Crippen LogP contribution in [0, 0.1) is 6.92 Å². The van der Waals surface area contributed by atoms with Crippen LogP contribution in [0.3, 0.4) is 0 Å². The zero-order valence-electron chi connectivity index (χ0n) is 16.1. The molecule has 0 aliphatic heterocycles. The van der Waals surface area contributed by atoms with Gasteiger partial charge in [-0.25, -0.2) is 0 Å². The Hall–Kier alpha value is -3.87. The van der Waals surface area contributed by atoms with Crippen LogP contribution in [-0.4, -0.2) is 16.5 Å². The Kier molecular flexibility index (Phi) is 6.09. The topological polar surface area (TPSA) is 89.4 Å². The predicted molar refractivity (Wildman–Crippen MR) is 111 cm³/mol. The summed E-state index contributed by atoms with van der Waals surface area (Å²) >= 11 is 0. The highest BCUT2D eigenvalue weighted by molar-refractivity contribution is 6.04. The fourth-order valence-electron chi connectivity index (χ4n) is 2.73. The first-order chi connectivity index (χ1) is 13.9. The van der Waals surface area contributed by atoms with Crippen molar-refractivity contribution in [1.29, 1.82) is 0 Å². The summed E-state index contributed by atoms with van der Waals surface area (Å²) in [4.78, 5) is 41.7. The van der Waals surface area contributed by atoms with E-state index in [1.165, 1.54) is 19.2 Å². The van der Waals surface area contributed by atoms with Gasteiger partial charge in [-0.1, -0.05) is 29.8 Å². The molecular weight excluding hydrogens is 370 g/mol. The van der Waals surface area contributed by atoms with Crippen molar-refractivity contribution in [3.63, 3.8) is 0 Å². The zero-order valence-corrected chi connectivity index (χ0v) is 16.1. The fraction of sp³-hybridized carbons (Fsp3) is 0.136. The molecule has 2 amide bonds. The Labute approximate surface area is 167 Å². The summed E-state index contributed by atoms with van der Waals surface area (Å²) in [7, 11) is 0. The molecule has 2 aromatic carbocycles. The van der Waals surface area contributed by atoms with Crippen molar-refractivity contribution < 1.29 is 14.4 Å². The van der Waals surface area contributed by atoms with E-state index in [0.717, 1.165) is 15.9 Å². The lowest BCUT2D eigenvalue weighted by Crippen LogP contribution is -2.32. The summed E-state index contributed by atoms with van der Waals surface area (Å²) in [5.74, 6) is -0.729. The smallest absolute Gasteiger partial charge is 0.295 e. The number of anilines is 2. The number of aromatic nitrogens is 1. The van der Waals surface area contributed by atoms with Crippen LogP contribution in [0.5, 0.6) is 0 Å². The third-order valence-electron chi connectivity index (χ3n) is 4.08. The summed E-state index contributed by atoms with van der Waals surface area (Å²) < 4.78 is 1.05.